The summed E-state index contributed by atoms with van der Waals surface area (Å²) in [5, 5.41) is 0. The van der Waals surface area contributed by atoms with Crippen LogP contribution in [0.1, 0.15) is 17.0 Å². The highest BCUT2D eigenvalue weighted by Gasteiger charge is 2.25. The van der Waals surface area contributed by atoms with Crippen LogP contribution >= 0.6 is 11.8 Å². The smallest absolute Gasteiger partial charge is 0.225 e. The SMILES string of the molecule is NC(=O)[C@H]1Cc2ccccc2Sc2ccccc21. The maximum Gasteiger partial charge on any atom is 0.225 e. The van der Waals surface area contributed by atoms with Gasteiger partial charge in [-0.25, -0.2) is 0 Å². The molecule has 2 aromatic rings. The maximum atomic E-state index is 11.7. The van der Waals surface area contributed by atoms with E-state index in [1.807, 2.05) is 30.3 Å². The Morgan fingerprint density at radius 2 is 1.72 bits per heavy atom. The van der Waals surface area contributed by atoms with Crippen molar-refractivity contribution in [3.05, 3.63) is 59.7 Å². The molecule has 0 saturated carbocycles. The molecule has 90 valence electrons. The predicted molar refractivity (Wildman–Crippen MR) is 72.6 cm³/mol. The summed E-state index contributed by atoms with van der Waals surface area (Å²) in [6.45, 7) is 0. The molecule has 0 spiro atoms. The number of carbonyl (C=O) groups is 1. The second kappa shape index (κ2) is 4.50. The Hall–Kier alpha value is -1.74. The van der Waals surface area contributed by atoms with Crippen molar-refractivity contribution >= 4 is 17.7 Å². The third-order valence-corrected chi connectivity index (χ3v) is 4.46. The Morgan fingerprint density at radius 1 is 1.06 bits per heavy atom. The quantitative estimate of drug-likeness (QED) is 0.851. The molecule has 0 radical (unpaired) electrons. The van der Waals surface area contributed by atoms with Gasteiger partial charge in [-0.1, -0.05) is 48.2 Å². The Bertz CT molecular complexity index is 609. The zero-order valence-corrected chi connectivity index (χ0v) is 10.6. The van der Waals surface area contributed by atoms with Gasteiger partial charge >= 0.3 is 0 Å². The minimum Gasteiger partial charge on any atom is -0.369 e. The lowest BCUT2D eigenvalue weighted by Crippen LogP contribution is -2.23. The highest BCUT2D eigenvalue weighted by atomic mass is 32.2. The fourth-order valence-electron chi connectivity index (χ4n) is 2.34. The standard InChI is InChI=1S/C15H13NOS/c16-15(17)12-9-10-5-1-3-7-13(10)18-14-8-4-2-6-11(12)14/h1-8,12H,9H2,(H2,16,17)/t12-/m0/s1. The van der Waals surface area contributed by atoms with Crippen LogP contribution in [0.15, 0.2) is 58.3 Å². The van der Waals surface area contributed by atoms with Crippen LogP contribution < -0.4 is 5.73 Å². The first kappa shape index (κ1) is 11.4. The van der Waals surface area contributed by atoms with Crippen molar-refractivity contribution in [3.8, 4) is 0 Å². The van der Waals surface area contributed by atoms with Crippen molar-refractivity contribution < 1.29 is 4.79 Å². The average molecular weight is 255 g/mol. The molecule has 2 N–H and O–H groups in total. The van der Waals surface area contributed by atoms with Crippen LogP contribution in [0.3, 0.4) is 0 Å². The van der Waals surface area contributed by atoms with Gasteiger partial charge in [-0.2, -0.15) is 0 Å². The van der Waals surface area contributed by atoms with Crippen molar-refractivity contribution in [2.24, 2.45) is 5.73 Å². The van der Waals surface area contributed by atoms with Crippen LogP contribution in [-0.2, 0) is 11.2 Å². The zero-order valence-electron chi connectivity index (χ0n) is 9.80. The summed E-state index contributed by atoms with van der Waals surface area (Å²) in [7, 11) is 0. The van der Waals surface area contributed by atoms with Crippen LogP contribution in [0.25, 0.3) is 0 Å². The summed E-state index contributed by atoms with van der Waals surface area (Å²) in [4.78, 5) is 14.0. The molecule has 2 nitrogen and oxygen atoms in total. The van der Waals surface area contributed by atoms with Crippen molar-refractivity contribution in [1.29, 1.82) is 0 Å². The number of fused-ring (bicyclic) bond motifs is 2. The molecule has 0 fully saturated rings. The Labute approximate surface area is 110 Å². The van der Waals surface area contributed by atoms with Gasteiger partial charge in [0.25, 0.3) is 0 Å². The van der Waals surface area contributed by atoms with Crippen LogP contribution in [0.2, 0.25) is 0 Å². The zero-order chi connectivity index (χ0) is 12.5. The van der Waals surface area contributed by atoms with E-state index in [0.717, 1.165) is 10.5 Å². The molecule has 0 aromatic heterocycles. The predicted octanol–water partition coefficient (Wildman–Crippen LogP) is 2.96. The Balaban J connectivity index is 2.17. The second-order valence-corrected chi connectivity index (χ2v) is 5.49. The number of carbonyl (C=O) groups excluding carboxylic acids is 1. The Morgan fingerprint density at radius 3 is 2.50 bits per heavy atom. The largest absolute Gasteiger partial charge is 0.369 e. The van der Waals surface area contributed by atoms with Gasteiger partial charge in [-0.3, -0.25) is 4.79 Å². The van der Waals surface area contributed by atoms with E-state index in [0.29, 0.717) is 6.42 Å². The number of primary amides is 1. The minimum absolute atomic E-state index is 0.225. The molecular weight excluding hydrogens is 242 g/mol. The normalized spacial score (nSPS) is 17.4. The summed E-state index contributed by atoms with van der Waals surface area (Å²) in [6, 6.07) is 16.2. The lowest BCUT2D eigenvalue weighted by molar-refractivity contribution is -0.119. The summed E-state index contributed by atoms with van der Waals surface area (Å²) in [5.74, 6) is -0.475. The highest BCUT2D eigenvalue weighted by Crippen LogP contribution is 2.41. The fraction of sp³-hybridized carbons (Fsp3) is 0.133. The summed E-state index contributed by atoms with van der Waals surface area (Å²) in [6.07, 6.45) is 0.690. The average Bonchev–Trinajstić information content (AvgIpc) is 2.55. The van der Waals surface area contributed by atoms with E-state index in [4.69, 9.17) is 5.73 Å². The number of nitrogens with two attached hydrogens (primary N) is 1. The van der Waals surface area contributed by atoms with Gasteiger partial charge in [0.05, 0.1) is 5.92 Å². The van der Waals surface area contributed by atoms with E-state index in [1.165, 1.54) is 10.5 Å². The first-order valence-electron chi connectivity index (χ1n) is 5.89. The van der Waals surface area contributed by atoms with E-state index in [-0.39, 0.29) is 11.8 Å². The maximum absolute atomic E-state index is 11.7. The molecule has 0 bridgehead atoms. The molecule has 1 amide bonds. The fourth-order valence-corrected chi connectivity index (χ4v) is 3.48. The lowest BCUT2D eigenvalue weighted by atomic mass is 9.91. The molecule has 1 aliphatic rings. The molecule has 3 heteroatoms. The van der Waals surface area contributed by atoms with Crippen LogP contribution in [0, 0.1) is 0 Å². The molecule has 1 heterocycles. The van der Waals surface area contributed by atoms with E-state index < -0.39 is 0 Å². The van der Waals surface area contributed by atoms with Crippen LogP contribution in [-0.4, -0.2) is 5.91 Å². The molecule has 18 heavy (non-hydrogen) atoms. The lowest BCUT2D eigenvalue weighted by Gasteiger charge is -2.13. The minimum atomic E-state index is -0.250. The number of benzene rings is 2. The van der Waals surface area contributed by atoms with Crippen molar-refractivity contribution in [3.63, 3.8) is 0 Å². The van der Waals surface area contributed by atoms with Gasteiger partial charge in [0, 0.05) is 9.79 Å². The van der Waals surface area contributed by atoms with Gasteiger partial charge < -0.3 is 5.73 Å². The molecule has 1 atom stereocenters. The molecule has 1 aliphatic heterocycles. The van der Waals surface area contributed by atoms with Gasteiger partial charge in [-0.15, -0.1) is 0 Å². The van der Waals surface area contributed by atoms with E-state index in [2.05, 4.69) is 18.2 Å². The second-order valence-electron chi connectivity index (χ2n) is 4.41. The number of hydrogen-bond donors (Lipinski definition) is 1. The summed E-state index contributed by atoms with van der Waals surface area (Å²) in [5.41, 5.74) is 7.80. The monoisotopic (exact) mass is 255 g/mol. The molecule has 3 rings (SSSR count). The molecule has 0 unspecified atom stereocenters. The first-order valence-corrected chi connectivity index (χ1v) is 6.71. The molecule has 0 aliphatic carbocycles. The van der Waals surface area contributed by atoms with Crippen molar-refractivity contribution in [2.75, 3.05) is 0 Å². The topological polar surface area (TPSA) is 43.1 Å². The van der Waals surface area contributed by atoms with Gasteiger partial charge in [-0.05, 0) is 29.7 Å². The van der Waals surface area contributed by atoms with E-state index >= 15 is 0 Å². The molecule has 2 aromatic carbocycles. The summed E-state index contributed by atoms with van der Waals surface area (Å²) < 4.78 is 0. The van der Waals surface area contributed by atoms with Crippen LogP contribution in [0.4, 0.5) is 0 Å². The Kier molecular flexibility index (Phi) is 2.84. The number of hydrogen-bond acceptors (Lipinski definition) is 2. The number of rotatable bonds is 1. The summed E-state index contributed by atoms with van der Waals surface area (Å²) >= 11 is 1.72. The van der Waals surface area contributed by atoms with E-state index in [9.17, 15) is 4.79 Å². The van der Waals surface area contributed by atoms with Crippen molar-refractivity contribution in [2.45, 2.75) is 22.1 Å². The van der Waals surface area contributed by atoms with Gasteiger partial charge in [0.1, 0.15) is 0 Å². The van der Waals surface area contributed by atoms with Crippen LogP contribution in [0.5, 0.6) is 0 Å². The highest BCUT2D eigenvalue weighted by molar-refractivity contribution is 7.99. The van der Waals surface area contributed by atoms with Crippen molar-refractivity contribution in [1.82, 2.24) is 0 Å². The first-order chi connectivity index (χ1) is 8.75. The van der Waals surface area contributed by atoms with Gasteiger partial charge in [0.2, 0.25) is 5.91 Å². The van der Waals surface area contributed by atoms with E-state index in [1.54, 1.807) is 11.8 Å². The van der Waals surface area contributed by atoms with Gasteiger partial charge in [0.15, 0.2) is 0 Å². The molecule has 0 saturated heterocycles. The molecular formula is C15H13NOS. The number of amides is 1. The third kappa shape index (κ3) is 1.91. The third-order valence-electron chi connectivity index (χ3n) is 3.25.